The zero-order chi connectivity index (χ0) is 10.8. The largest absolute Gasteiger partial charge is 0.454 e. The van der Waals surface area contributed by atoms with Gasteiger partial charge in [0.15, 0.2) is 11.5 Å². The Labute approximate surface area is 96.4 Å². The molecule has 1 aliphatic rings. The minimum atomic E-state index is -0.564. The highest BCUT2D eigenvalue weighted by atomic mass is 79.9. The van der Waals surface area contributed by atoms with Gasteiger partial charge in [-0.05, 0) is 24.1 Å². The first-order valence-corrected chi connectivity index (χ1v) is 5.39. The van der Waals surface area contributed by atoms with E-state index in [1.807, 2.05) is 6.07 Å². The Morgan fingerprint density at radius 2 is 2.13 bits per heavy atom. The molecule has 1 aromatic carbocycles. The number of ether oxygens (including phenoxy) is 2. The predicted octanol–water partition coefficient (Wildman–Crippen LogP) is 2.79. The molecule has 3 nitrogen and oxygen atoms in total. The van der Waals surface area contributed by atoms with Gasteiger partial charge in [-0.2, -0.15) is 0 Å². The molecule has 0 fully saturated rings. The number of rotatable bonds is 3. The summed E-state index contributed by atoms with van der Waals surface area (Å²) >= 11 is 3.39. The summed E-state index contributed by atoms with van der Waals surface area (Å²) in [6.07, 6.45) is 1.63. The van der Waals surface area contributed by atoms with E-state index in [0.29, 0.717) is 17.9 Å². The van der Waals surface area contributed by atoms with Gasteiger partial charge in [0.2, 0.25) is 6.79 Å². The van der Waals surface area contributed by atoms with E-state index in [9.17, 15) is 5.11 Å². The van der Waals surface area contributed by atoms with Gasteiger partial charge in [-0.15, -0.1) is 6.58 Å². The summed E-state index contributed by atoms with van der Waals surface area (Å²) in [5.41, 5.74) is 0.791. The highest BCUT2D eigenvalue weighted by molar-refractivity contribution is 9.10. The molecular weight excluding hydrogens is 260 g/mol. The number of benzene rings is 1. The maximum absolute atomic E-state index is 9.83. The lowest BCUT2D eigenvalue weighted by atomic mass is 10.1. The van der Waals surface area contributed by atoms with Gasteiger partial charge in [0.1, 0.15) is 0 Å². The Morgan fingerprint density at radius 3 is 2.80 bits per heavy atom. The van der Waals surface area contributed by atoms with Crippen molar-refractivity contribution in [3.05, 3.63) is 34.8 Å². The minimum absolute atomic E-state index is 0.239. The van der Waals surface area contributed by atoms with Crippen LogP contribution in [0.3, 0.4) is 0 Å². The van der Waals surface area contributed by atoms with Crippen LogP contribution in [0.1, 0.15) is 18.1 Å². The molecule has 0 bridgehead atoms. The van der Waals surface area contributed by atoms with Crippen molar-refractivity contribution in [1.29, 1.82) is 0 Å². The van der Waals surface area contributed by atoms with Crippen LogP contribution < -0.4 is 9.47 Å². The van der Waals surface area contributed by atoms with E-state index >= 15 is 0 Å². The Kier molecular flexibility index (Phi) is 2.98. The molecule has 1 aromatic rings. The van der Waals surface area contributed by atoms with Crippen LogP contribution in [0.5, 0.6) is 11.5 Å². The summed E-state index contributed by atoms with van der Waals surface area (Å²) in [4.78, 5) is 0. The predicted molar refractivity (Wildman–Crippen MR) is 60.0 cm³/mol. The van der Waals surface area contributed by atoms with Crippen molar-refractivity contribution in [2.75, 3.05) is 6.79 Å². The van der Waals surface area contributed by atoms with Crippen LogP contribution in [0.25, 0.3) is 0 Å². The van der Waals surface area contributed by atoms with Crippen LogP contribution in [-0.2, 0) is 0 Å². The van der Waals surface area contributed by atoms with Crippen LogP contribution in [-0.4, -0.2) is 11.9 Å². The average molecular weight is 271 g/mol. The van der Waals surface area contributed by atoms with E-state index in [0.717, 1.165) is 10.0 Å². The van der Waals surface area contributed by atoms with E-state index < -0.39 is 6.10 Å². The second-order valence-electron chi connectivity index (χ2n) is 3.27. The zero-order valence-corrected chi connectivity index (χ0v) is 9.66. The fourth-order valence-electron chi connectivity index (χ4n) is 1.47. The Bertz CT molecular complexity index is 390. The van der Waals surface area contributed by atoms with Crippen molar-refractivity contribution in [3.63, 3.8) is 0 Å². The second kappa shape index (κ2) is 4.24. The number of halogens is 1. The lowest BCUT2D eigenvalue weighted by molar-refractivity contribution is 0.172. The number of aliphatic hydroxyl groups is 1. The molecule has 1 heterocycles. The molecule has 1 atom stereocenters. The quantitative estimate of drug-likeness (QED) is 0.859. The molecule has 1 unspecified atom stereocenters. The van der Waals surface area contributed by atoms with Crippen molar-refractivity contribution in [3.8, 4) is 11.5 Å². The number of aliphatic hydroxyl groups excluding tert-OH is 1. The molecule has 80 valence electrons. The number of hydrogen-bond donors (Lipinski definition) is 1. The molecule has 0 spiro atoms. The molecule has 0 aliphatic carbocycles. The standard InChI is InChI=1S/C11H11BrO3/c1-2-3-9(13)7-4-10-11(5-8(7)12)15-6-14-10/h2,4-5,9,13H,1,3,6H2. The highest BCUT2D eigenvalue weighted by Crippen LogP contribution is 2.39. The van der Waals surface area contributed by atoms with Crippen molar-refractivity contribution < 1.29 is 14.6 Å². The van der Waals surface area contributed by atoms with Crippen LogP contribution in [0.2, 0.25) is 0 Å². The molecular formula is C11H11BrO3. The summed E-state index contributed by atoms with van der Waals surface area (Å²) in [7, 11) is 0. The zero-order valence-electron chi connectivity index (χ0n) is 8.07. The Morgan fingerprint density at radius 1 is 1.47 bits per heavy atom. The molecule has 1 aliphatic heterocycles. The van der Waals surface area contributed by atoms with E-state index in [-0.39, 0.29) is 6.79 Å². The SMILES string of the molecule is C=CCC(O)c1cc2c(cc1Br)OCO2. The van der Waals surface area contributed by atoms with Crippen LogP contribution in [0.4, 0.5) is 0 Å². The summed E-state index contributed by atoms with van der Waals surface area (Å²) in [5.74, 6) is 1.38. The molecule has 15 heavy (non-hydrogen) atoms. The van der Waals surface area contributed by atoms with Gasteiger partial charge in [0, 0.05) is 4.47 Å². The molecule has 0 amide bonds. The van der Waals surface area contributed by atoms with Crippen molar-refractivity contribution >= 4 is 15.9 Å². The molecule has 2 rings (SSSR count). The third kappa shape index (κ3) is 2.01. The average Bonchev–Trinajstić information content (AvgIpc) is 2.63. The van der Waals surface area contributed by atoms with Crippen LogP contribution in [0.15, 0.2) is 29.3 Å². The van der Waals surface area contributed by atoms with Crippen LogP contribution in [0, 0.1) is 0 Å². The molecule has 0 aromatic heterocycles. The van der Waals surface area contributed by atoms with E-state index in [4.69, 9.17) is 9.47 Å². The topological polar surface area (TPSA) is 38.7 Å². The first-order chi connectivity index (χ1) is 7.22. The van der Waals surface area contributed by atoms with Crippen molar-refractivity contribution in [1.82, 2.24) is 0 Å². The fourth-order valence-corrected chi connectivity index (χ4v) is 2.06. The van der Waals surface area contributed by atoms with Gasteiger partial charge in [0.05, 0.1) is 6.10 Å². The third-order valence-corrected chi connectivity index (χ3v) is 2.93. The van der Waals surface area contributed by atoms with E-state index in [1.54, 1.807) is 12.1 Å². The van der Waals surface area contributed by atoms with Crippen molar-refractivity contribution in [2.24, 2.45) is 0 Å². The fraction of sp³-hybridized carbons (Fsp3) is 0.273. The van der Waals surface area contributed by atoms with Gasteiger partial charge in [-0.25, -0.2) is 0 Å². The number of fused-ring (bicyclic) bond motifs is 1. The second-order valence-corrected chi connectivity index (χ2v) is 4.12. The molecule has 1 N–H and O–H groups in total. The van der Waals surface area contributed by atoms with E-state index in [1.165, 1.54) is 0 Å². The highest BCUT2D eigenvalue weighted by Gasteiger charge is 2.19. The van der Waals surface area contributed by atoms with Gasteiger partial charge in [0.25, 0.3) is 0 Å². The maximum atomic E-state index is 9.83. The maximum Gasteiger partial charge on any atom is 0.231 e. The van der Waals surface area contributed by atoms with E-state index in [2.05, 4.69) is 22.5 Å². The summed E-state index contributed by atoms with van der Waals surface area (Å²) in [5, 5.41) is 9.83. The van der Waals surface area contributed by atoms with Crippen molar-refractivity contribution in [2.45, 2.75) is 12.5 Å². The Hall–Kier alpha value is -1.00. The lowest BCUT2D eigenvalue weighted by Gasteiger charge is -2.11. The van der Waals surface area contributed by atoms with Gasteiger partial charge in [-0.1, -0.05) is 22.0 Å². The third-order valence-electron chi connectivity index (χ3n) is 2.24. The molecule has 0 saturated carbocycles. The monoisotopic (exact) mass is 270 g/mol. The summed E-state index contributed by atoms with van der Waals surface area (Å²) in [6.45, 7) is 3.84. The normalized spacial score (nSPS) is 15.1. The van der Waals surface area contributed by atoms with Crippen LogP contribution >= 0.6 is 15.9 Å². The minimum Gasteiger partial charge on any atom is -0.454 e. The summed E-state index contributed by atoms with van der Waals surface area (Å²) in [6, 6.07) is 3.60. The number of hydrogen-bond acceptors (Lipinski definition) is 3. The van der Waals surface area contributed by atoms with Gasteiger partial charge in [-0.3, -0.25) is 0 Å². The Balaban J connectivity index is 2.35. The first-order valence-electron chi connectivity index (χ1n) is 4.60. The van der Waals surface area contributed by atoms with Gasteiger partial charge >= 0.3 is 0 Å². The smallest absolute Gasteiger partial charge is 0.231 e. The molecule has 0 saturated heterocycles. The van der Waals surface area contributed by atoms with Gasteiger partial charge < -0.3 is 14.6 Å². The first kappa shape index (κ1) is 10.5. The molecule has 4 heteroatoms. The molecule has 0 radical (unpaired) electrons. The lowest BCUT2D eigenvalue weighted by Crippen LogP contribution is -1.97. The summed E-state index contributed by atoms with van der Waals surface area (Å²) < 4.78 is 11.3.